The van der Waals surface area contributed by atoms with Crippen molar-refractivity contribution in [3.05, 3.63) is 50.9 Å². The van der Waals surface area contributed by atoms with Crippen molar-refractivity contribution < 1.29 is 9.63 Å². The van der Waals surface area contributed by atoms with Crippen LogP contribution in [0.4, 0.5) is 0 Å². The molecule has 0 unspecified atom stereocenters. The third-order valence-corrected chi connectivity index (χ3v) is 3.92. The third-order valence-electron chi connectivity index (χ3n) is 2.80. The molecule has 7 heteroatoms. The average molecular weight is 386 g/mol. The molecule has 21 heavy (non-hydrogen) atoms. The summed E-state index contributed by atoms with van der Waals surface area (Å²) in [7, 11) is 0. The smallest absolute Gasteiger partial charge is 0.262 e. The van der Waals surface area contributed by atoms with E-state index in [4.69, 9.17) is 27.7 Å². The third kappa shape index (κ3) is 2.77. The Morgan fingerprint density at radius 1 is 1.10 bits per heavy atom. The maximum absolute atomic E-state index is 9.88. The zero-order valence-electron chi connectivity index (χ0n) is 10.3. The Morgan fingerprint density at radius 2 is 1.81 bits per heavy atom. The van der Waals surface area contributed by atoms with E-state index in [1.807, 2.05) is 0 Å². The number of hydrogen-bond acceptors (Lipinski definition) is 4. The fourth-order valence-corrected chi connectivity index (χ4v) is 2.75. The van der Waals surface area contributed by atoms with Crippen LogP contribution in [0.1, 0.15) is 0 Å². The Hall–Kier alpha value is -1.56. The summed E-state index contributed by atoms with van der Waals surface area (Å²) in [5.41, 5.74) is 0.914. The van der Waals surface area contributed by atoms with Crippen LogP contribution in [0.25, 0.3) is 22.8 Å². The molecular formula is C14H7BrCl2N2O2. The molecule has 0 radical (unpaired) electrons. The van der Waals surface area contributed by atoms with Crippen LogP contribution in [0.15, 0.2) is 45.4 Å². The molecular weight excluding hydrogens is 379 g/mol. The van der Waals surface area contributed by atoms with Gasteiger partial charge in [-0.25, -0.2) is 0 Å². The van der Waals surface area contributed by atoms with Crippen LogP contribution < -0.4 is 0 Å². The lowest BCUT2D eigenvalue weighted by Crippen LogP contribution is -1.85. The molecule has 0 aliphatic rings. The predicted molar refractivity (Wildman–Crippen MR) is 84.6 cm³/mol. The van der Waals surface area contributed by atoms with Gasteiger partial charge in [-0.2, -0.15) is 4.98 Å². The summed E-state index contributed by atoms with van der Waals surface area (Å²) in [6.07, 6.45) is 0. The minimum atomic E-state index is 0.0404. The Balaban J connectivity index is 2.10. The molecule has 2 aromatic carbocycles. The Labute approximate surface area is 138 Å². The molecule has 0 atom stereocenters. The van der Waals surface area contributed by atoms with Gasteiger partial charge in [0.2, 0.25) is 5.82 Å². The molecule has 0 bridgehead atoms. The van der Waals surface area contributed by atoms with E-state index in [9.17, 15) is 5.11 Å². The van der Waals surface area contributed by atoms with E-state index in [0.717, 1.165) is 4.47 Å². The van der Waals surface area contributed by atoms with Crippen molar-refractivity contribution in [1.82, 2.24) is 10.1 Å². The van der Waals surface area contributed by atoms with Gasteiger partial charge in [0, 0.05) is 4.47 Å². The quantitative estimate of drug-likeness (QED) is 0.660. The van der Waals surface area contributed by atoms with Gasteiger partial charge in [-0.05, 0) is 30.3 Å². The van der Waals surface area contributed by atoms with Crippen LogP contribution in [0.2, 0.25) is 10.0 Å². The van der Waals surface area contributed by atoms with Gasteiger partial charge in [0.05, 0.1) is 21.2 Å². The molecule has 0 fully saturated rings. The topological polar surface area (TPSA) is 59.2 Å². The molecule has 3 rings (SSSR count). The van der Waals surface area contributed by atoms with Gasteiger partial charge in [-0.15, -0.1) is 0 Å². The molecule has 3 aromatic rings. The van der Waals surface area contributed by atoms with E-state index in [1.54, 1.807) is 30.3 Å². The molecule has 0 aliphatic carbocycles. The van der Waals surface area contributed by atoms with Crippen LogP contribution >= 0.6 is 39.1 Å². The van der Waals surface area contributed by atoms with Gasteiger partial charge in [-0.1, -0.05) is 50.4 Å². The first-order valence-corrected chi connectivity index (χ1v) is 7.38. The van der Waals surface area contributed by atoms with Crippen LogP contribution in [0, 0.1) is 0 Å². The van der Waals surface area contributed by atoms with Gasteiger partial charge in [0.1, 0.15) is 5.75 Å². The van der Waals surface area contributed by atoms with Gasteiger partial charge in [0.25, 0.3) is 5.89 Å². The van der Waals surface area contributed by atoms with Crippen molar-refractivity contribution in [1.29, 1.82) is 0 Å². The Morgan fingerprint density at radius 3 is 2.52 bits per heavy atom. The van der Waals surface area contributed by atoms with Crippen molar-refractivity contribution in [2.75, 3.05) is 0 Å². The maximum atomic E-state index is 9.88. The number of rotatable bonds is 2. The zero-order chi connectivity index (χ0) is 15.0. The van der Waals surface area contributed by atoms with Crippen LogP contribution in [-0.4, -0.2) is 15.2 Å². The molecule has 1 N–H and O–H groups in total. The highest BCUT2D eigenvalue weighted by Gasteiger charge is 2.18. The first-order chi connectivity index (χ1) is 10.1. The minimum Gasteiger partial charge on any atom is -0.507 e. The Bertz CT molecular complexity index is 800. The van der Waals surface area contributed by atoms with Crippen LogP contribution in [0.5, 0.6) is 5.75 Å². The van der Waals surface area contributed by atoms with E-state index in [1.165, 1.54) is 6.07 Å². The average Bonchev–Trinajstić information content (AvgIpc) is 2.90. The number of benzene rings is 2. The molecule has 0 saturated carbocycles. The zero-order valence-corrected chi connectivity index (χ0v) is 13.4. The van der Waals surface area contributed by atoms with Gasteiger partial charge >= 0.3 is 0 Å². The molecule has 106 valence electrons. The van der Waals surface area contributed by atoms with Crippen molar-refractivity contribution in [2.45, 2.75) is 0 Å². The van der Waals surface area contributed by atoms with Crippen molar-refractivity contribution in [3.8, 4) is 28.6 Å². The largest absolute Gasteiger partial charge is 0.507 e. The summed E-state index contributed by atoms with van der Waals surface area (Å²) in [5.74, 6) is 0.485. The summed E-state index contributed by atoms with van der Waals surface area (Å²) in [6.45, 7) is 0. The summed E-state index contributed by atoms with van der Waals surface area (Å²) in [5, 5.41) is 14.6. The number of hydrogen-bond donors (Lipinski definition) is 1. The molecule has 0 spiro atoms. The second kappa shape index (κ2) is 5.67. The molecule has 0 amide bonds. The Kier molecular flexibility index (Phi) is 3.89. The fourth-order valence-electron chi connectivity index (χ4n) is 1.83. The SMILES string of the molecule is Oc1ccc(Br)cc1-c1nc(-c2c(Cl)cccc2Cl)no1. The van der Waals surface area contributed by atoms with E-state index in [0.29, 0.717) is 21.2 Å². The van der Waals surface area contributed by atoms with Gasteiger partial charge < -0.3 is 9.63 Å². The first kappa shape index (κ1) is 14.4. The van der Waals surface area contributed by atoms with Crippen molar-refractivity contribution >= 4 is 39.1 Å². The summed E-state index contributed by atoms with van der Waals surface area (Å²) in [6, 6.07) is 10.0. The highest BCUT2D eigenvalue weighted by Crippen LogP contribution is 2.36. The van der Waals surface area contributed by atoms with Crippen molar-refractivity contribution in [2.24, 2.45) is 0 Å². The number of aromatic nitrogens is 2. The van der Waals surface area contributed by atoms with Crippen molar-refractivity contribution in [3.63, 3.8) is 0 Å². The highest BCUT2D eigenvalue weighted by molar-refractivity contribution is 9.10. The standard InChI is InChI=1S/C14H7BrCl2N2O2/c15-7-4-5-11(20)8(6-7)14-18-13(19-21-14)12-9(16)2-1-3-10(12)17/h1-6,20H. The second-order valence-electron chi connectivity index (χ2n) is 4.18. The monoisotopic (exact) mass is 384 g/mol. The normalized spacial score (nSPS) is 10.8. The molecule has 4 nitrogen and oxygen atoms in total. The van der Waals surface area contributed by atoms with Crippen LogP contribution in [0.3, 0.4) is 0 Å². The number of aromatic hydroxyl groups is 1. The van der Waals surface area contributed by atoms with E-state index < -0.39 is 0 Å². The summed E-state index contributed by atoms with van der Waals surface area (Å²) < 4.78 is 5.97. The number of nitrogens with zero attached hydrogens (tertiary/aromatic N) is 2. The molecule has 0 aliphatic heterocycles. The predicted octanol–water partition coefficient (Wildman–Crippen LogP) is 5.18. The lowest BCUT2D eigenvalue weighted by molar-refractivity contribution is 0.425. The van der Waals surface area contributed by atoms with E-state index >= 15 is 0 Å². The lowest BCUT2D eigenvalue weighted by atomic mass is 10.2. The number of halogens is 3. The lowest BCUT2D eigenvalue weighted by Gasteiger charge is -2.01. The maximum Gasteiger partial charge on any atom is 0.262 e. The van der Waals surface area contributed by atoms with Gasteiger partial charge in [0.15, 0.2) is 0 Å². The minimum absolute atomic E-state index is 0.0404. The van der Waals surface area contributed by atoms with Crippen LogP contribution in [-0.2, 0) is 0 Å². The highest BCUT2D eigenvalue weighted by atomic mass is 79.9. The molecule has 0 saturated heterocycles. The number of phenols is 1. The van der Waals surface area contributed by atoms with E-state index in [-0.39, 0.29) is 17.5 Å². The molecule has 1 heterocycles. The number of phenolic OH excluding ortho intramolecular Hbond substituents is 1. The molecule has 1 aromatic heterocycles. The van der Waals surface area contributed by atoms with E-state index in [2.05, 4.69) is 26.1 Å². The summed E-state index contributed by atoms with van der Waals surface area (Å²) in [4.78, 5) is 4.25. The fraction of sp³-hybridized carbons (Fsp3) is 0. The first-order valence-electron chi connectivity index (χ1n) is 5.83. The second-order valence-corrected chi connectivity index (χ2v) is 5.91. The van der Waals surface area contributed by atoms with Gasteiger partial charge in [-0.3, -0.25) is 0 Å². The summed E-state index contributed by atoms with van der Waals surface area (Å²) >= 11 is 15.6.